The average molecular weight is 1440 g/mol. The normalized spacial score (nSPS) is 19.9. The number of benzene rings is 2. The van der Waals surface area contributed by atoms with E-state index >= 15 is 0 Å². The number of aromatic nitrogens is 3. The standard InChI is InChI=1S/C60H81N6O19P3S5/c1-7-64-48-28-18-17-27-46(48)59(2,3)52(64)29-13-8-14-30-53-60(4,5)47-36-45(93(77,78)79)31-32-49(47)65(53)33-19-9-11-23-44(68)26-21-35-90-91-40-80-34-20-10-12-24-43(67)25-16-15-22-42-38-66(56-55(42)57(69)63-58(61)62-56)54-37-50(81-41-92(6)89)51(83-54)39-82-87(73,74)85-88(75,76)84-86(70,71)72/h8,13-14,17-18,27-32,36,38,50-51,54H,7,9-12,16,19-21,23-26,33-35,37,39-41H2,1-6H3,(H7-,61,62,63,69,70,71,72,73,74,75,76,77,78,79)/p+1/t50-,51+,54+,92?/m0/s1. The number of H-pyrrole nitrogens is 1. The van der Waals surface area contributed by atoms with Crippen LogP contribution in [0.15, 0.2) is 94.4 Å². The molecule has 0 saturated carbocycles. The maximum Gasteiger partial charge on any atom is 0.490 e. The molecule has 3 aliphatic rings. The van der Waals surface area contributed by atoms with Gasteiger partial charge in [0.05, 0.1) is 39.9 Å². The fourth-order valence-corrected chi connectivity index (χ4v) is 17.1. The van der Waals surface area contributed by atoms with Crippen molar-refractivity contribution in [3.8, 4) is 11.8 Å². The molecule has 8 N–H and O–H groups in total. The number of allylic oxidation sites excluding steroid dienone is 6. The van der Waals surface area contributed by atoms with Crippen LogP contribution in [0.25, 0.3) is 11.0 Å². The van der Waals surface area contributed by atoms with Crippen LogP contribution in [0.2, 0.25) is 0 Å². The minimum Gasteiger partial charge on any atom is -0.370 e. The van der Waals surface area contributed by atoms with Gasteiger partial charge in [0.25, 0.3) is 15.7 Å². The average Bonchev–Trinajstić information content (AvgIpc) is 1.62. The van der Waals surface area contributed by atoms with Crippen LogP contribution in [0.5, 0.6) is 0 Å². The first kappa shape index (κ1) is 76.1. The predicted molar refractivity (Wildman–Crippen MR) is 365 cm³/mol. The third-order valence-electron chi connectivity index (χ3n) is 15.7. The van der Waals surface area contributed by atoms with Crippen molar-refractivity contribution in [2.75, 3.05) is 60.8 Å². The van der Waals surface area contributed by atoms with Gasteiger partial charge in [0.15, 0.2) is 11.4 Å². The maximum atomic E-state index is 13.2. The van der Waals surface area contributed by atoms with E-state index in [0.29, 0.717) is 44.8 Å². The number of rotatable bonds is 37. The first-order valence-electron chi connectivity index (χ1n) is 30.1. The number of hydrogen-bond acceptors (Lipinski definition) is 20. The van der Waals surface area contributed by atoms with Crippen LogP contribution in [-0.2, 0) is 92.2 Å². The van der Waals surface area contributed by atoms with Crippen molar-refractivity contribution in [2.24, 2.45) is 0 Å². The number of ether oxygens (including phenoxy) is 3. The number of anilines is 2. The number of unbranched alkanes of at least 4 members (excludes halogenated alkanes) is 4. The molecule has 93 heavy (non-hydrogen) atoms. The summed E-state index contributed by atoms with van der Waals surface area (Å²) in [6, 6.07) is 13.3. The number of nitrogen functional groups attached to an aromatic ring is 1. The Morgan fingerprint density at radius 1 is 0.925 bits per heavy atom. The molecular weight excluding hydrogens is 1360 g/mol. The Morgan fingerprint density at radius 2 is 1.63 bits per heavy atom. The van der Waals surface area contributed by atoms with Crippen molar-refractivity contribution >= 4 is 121 Å². The quantitative estimate of drug-likeness (QED) is 0.00322. The summed E-state index contributed by atoms with van der Waals surface area (Å²) in [5.41, 5.74) is 11.4. The maximum absolute atomic E-state index is 13.2. The first-order chi connectivity index (χ1) is 43.8. The topological polar surface area (TPSA) is 359 Å². The van der Waals surface area contributed by atoms with Gasteiger partial charge in [-0.3, -0.25) is 28.4 Å². The number of carbonyl (C=O) groups is 2. The molecule has 7 rings (SSSR count). The number of phosphoric ester groups is 1. The number of carbonyl (C=O) groups excluding carboxylic acids is 2. The molecule has 4 aromatic rings. The third-order valence-corrected chi connectivity index (χ3v) is 23.3. The van der Waals surface area contributed by atoms with Crippen LogP contribution in [-0.4, -0.2) is 131 Å². The third kappa shape index (κ3) is 21.6. The van der Waals surface area contributed by atoms with E-state index in [1.54, 1.807) is 40.0 Å². The highest BCUT2D eigenvalue weighted by molar-refractivity contribution is 8.76. The van der Waals surface area contributed by atoms with Gasteiger partial charge < -0.3 is 49.0 Å². The minimum atomic E-state index is -5.78. The number of nitrogens with zero attached hydrogens (tertiary/aromatic N) is 4. The van der Waals surface area contributed by atoms with E-state index in [1.807, 2.05) is 12.2 Å². The molecule has 2 aromatic carbocycles. The molecule has 33 heteroatoms. The zero-order valence-electron chi connectivity index (χ0n) is 52.6. The highest BCUT2D eigenvalue weighted by Crippen LogP contribution is 2.66. The van der Waals surface area contributed by atoms with Crippen LogP contribution in [0.1, 0.15) is 141 Å². The molecule has 0 bridgehead atoms. The van der Waals surface area contributed by atoms with Gasteiger partial charge in [-0.15, -0.1) is 0 Å². The number of nitrogens with two attached hydrogens (primary N) is 1. The zero-order valence-corrected chi connectivity index (χ0v) is 59.3. The van der Waals surface area contributed by atoms with Crippen LogP contribution in [0, 0.1) is 11.8 Å². The van der Waals surface area contributed by atoms with E-state index in [2.05, 4.69) is 117 Å². The van der Waals surface area contributed by atoms with Crippen molar-refractivity contribution in [2.45, 2.75) is 152 Å². The Hall–Kier alpha value is -4.28. The van der Waals surface area contributed by atoms with E-state index in [4.69, 9.17) is 45.4 Å². The van der Waals surface area contributed by atoms with E-state index in [0.717, 1.165) is 67.8 Å². The smallest absolute Gasteiger partial charge is 0.370 e. The lowest BCUT2D eigenvalue weighted by atomic mass is 9.81. The van der Waals surface area contributed by atoms with E-state index < -0.39 is 79.1 Å². The molecule has 5 heterocycles. The summed E-state index contributed by atoms with van der Waals surface area (Å²) in [7, 11) is -18.7. The summed E-state index contributed by atoms with van der Waals surface area (Å²) in [6.45, 7) is 12.0. The van der Waals surface area contributed by atoms with Gasteiger partial charge >= 0.3 is 23.5 Å². The highest BCUT2D eigenvalue weighted by atomic mass is 33.1. The molecule has 25 nitrogen and oxygen atoms in total. The lowest BCUT2D eigenvalue weighted by Gasteiger charge is -2.25. The van der Waals surface area contributed by atoms with E-state index in [9.17, 15) is 50.8 Å². The molecule has 2 aromatic heterocycles. The molecule has 6 atom stereocenters. The van der Waals surface area contributed by atoms with Gasteiger partial charge in [0, 0.05) is 105 Å². The monoisotopic (exact) mass is 1440 g/mol. The number of para-hydroxylation sites is 1. The second kappa shape index (κ2) is 33.8. The number of phosphoric acid groups is 3. The van der Waals surface area contributed by atoms with Crippen LogP contribution in [0.3, 0.4) is 0 Å². The SMILES string of the molecule is CCN1\C(=C/C=C/C=C/C2=[N+](CCCCCC(=O)CCCSSCOCCCCCC(=O)CCC#Cc3cn([C@H]4C[C@H](OCS(C)=S)[C@@H](COP(=O)(O)OP(=O)(O)OP(=O)(O)O)O4)c4nc(N)[nH]c(=O)c34)c3ccc(S(=O)(=O)O)cc3C2(C)C)C(C)(C)c2ccccc21. The Labute approximate surface area is 556 Å². The van der Waals surface area contributed by atoms with Crippen molar-refractivity contribution < 1.29 is 87.8 Å². The number of nitrogens with one attached hydrogen (secondary N) is 1. The lowest BCUT2D eigenvalue weighted by Crippen LogP contribution is -2.29. The van der Waals surface area contributed by atoms with E-state index in [1.165, 1.54) is 33.8 Å². The number of ketones is 2. The molecule has 3 unspecified atom stereocenters. The van der Waals surface area contributed by atoms with Crippen LogP contribution in [0.4, 0.5) is 17.3 Å². The number of likely N-dealkylation sites (N-methyl/N-ethyl adjacent to an activating group) is 1. The van der Waals surface area contributed by atoms with Gasteiger partial charge in [0.2, 0.25) is 11.6 Å². The highest BCUT2D eigenvalue weighted by Gasteiger charge is 2.46. The second-order valence-electron chi connectivity index (χ2n) is 23.3. The number of aromatic amines is 1. The van der Waals surface area contributed by atoms with Crippen molar-refractivity contribution in [3.05, 3.63) is 112 Å². The number of hydrogen-bond donors (Lipinski definition) is 7. The minimum absolute atomic E-state index is 0.0251. The largest absolute Gasteiger partial charge is 0.490 e. The summed E-state index contributed by atoms with van der Waals surface area (Å²) < 4.78 is 104. The van der Waals surface area contributed by atoms with Gasteiger partial charge in [-0.1, -0.05) is 99.6 Å². The lowest BCUT2D eigenvalue weighted by molar-refractivity contribution is -0.438. The molecule has 510 valence electrons. The van der Waals surface area contributed by atoms with Gasteiger partial charge in [-0.25, -0.2) is 13.7 Å². The molecule has 0 aliphatic carbocycles. The summed E-state index contributed by atoms with van der Waals surface area (Å²) >= 11 is 5.24. The van der Waals surface area contributed by atoms with Gasteiger partial charge in [-0.05, 0) is 100 Å². The zero-order chi connectivity index (χ0) is 67.9. The molecule has 0 spiro atoms. The van der Waals surface area contributed by atoms with Crippen molar-refractivity contribution in [1.29, 1.82) is 0 Å². The summed E-state index contributed by atoms with van der Waals surface area (Å²) in [5.74, 6) is 7.31. The van der Waals surface area contributed by atoms with E-state index in [-0.39, 0.29) is 69.6 Å². The fourth-order valence-electron chi connectivity index (χ4n) is 11.3. The first-order valence-corrected chi connectivity index (χ1v) is 41.3. The van der Waals surface area contributed by atoms with Crippen molar-refractivity contribution in [3.63, 3.8) is 0 Å². The fraction of sp³-hybridized carbons (Fsp3) is 0.517. The number of Topliss-reactive ketones (excluding diaryl/α,β-unsaturated/α-hetero) is 2. The van der Waals surface area contributed by atoms with Crippen molar-refractivity contribution in [1.82, 2.24) is 14.5 Å². The molecule has 1 fully saturated rings. The molecule has 1 saturated heterocycles. The second-order valence-corrected chi connectivity index (χ2v) is 34.8. The molecule has 0 radical (unpaired) electrons. The Bertz CT molecular complexity index is 3910. The molecular formula is C60H82N6O19P3S5+. The number of fused-ring (bicyclic) bond motifs is 3. The Balaban J connectivity index is 0.773. The summed E-state index contributed by atoms with van der Waals surface area (Å²) in [4.78, 5) is 85.1. The predicted octanol–water partition coefficient (Wildman–Crippen LogP) is 10.7. The van der Waals surface area contributed by atoms with Gasteiger partial charge in [-0.2, -0.15) is 26.6 Å². The Morgan fingerprint density at radius 3 is 2.34 bits per heavy atom. The van der Waals surface area contributed by atoms with Crippen LogP contribution >= 0.6 is 45.1 Å². The van der Waals surface area contributed by atoms with Gasteiger partial charge in [0.1, 0.15) is 36.4 Å². The summed E-state index contributed by atoms with van der Waals surface area (Å²) in [6.07, 6.45) is 17.8. The molecule has 0 amide bonds. The van der Waals surface area contributed by atoms with Crippen LogP contribution < -0.4 is 16.2 Å². The molecule has 3 aliphatic heterocycles. The Kier molecular flexibility index (Phi) is 27.6. The summed E-state index contributed by atoms with van der Waals surface area (Å²) in [5, 5.41) is 0.0698.